The van der Waals surface area contributed by atoms with Gasteiger partial charge >= 0.3 is 0 Å². The van der Waals surface area contributed by atoms with Crippen molar-refractivity contribution in [2.75, 3.05) is 6.54 Å². The van der Waals surface area contributed by atoms with E-state index in [9.17, 15) is 0 Å². The van der Waals surface area contributed by atoms with Crippen molar-refractivity contribution in [2.24, 2.45) is 11.1 Å². The van der Waals surface area contributed by atoms with Crippen LogP contribution in [-0.4, -0.2) is 11.5 Å². The molecule has 0 radical (unpaired) electrons. The Bertz CT molecular complexity index is 301. The monoisotopic (exact) mass is 212 g/mol. The first-order valence-electron chi connectivity index (χ1n) is 4.76. The lowest BCUT2D eigenvalue weighted by Crippen LogP contribution is -2.25. The van der Waals surface area contributed by atoms with Crippen LogP contribution in [0.4, 0.5) is 0 Å². The molecule has 0 aliphatic carbocycles. The van der Waals surface area contributed by atoms with E-state index >= 15 is 0 Å². The molecular formula is C11H17ClN2. The number of hydrogen-bond acceptors (Lipinski definition) is 2. The molecule has 0 unspecified atom stereocenters. The first-order chi connectivity index (χ1) is 6.43. The van der Waals surface area contributed by atoms with E-state index in [-0.39, 0.29) is 5.41 Å². The Morgan fingerprint density at radius 2 is 2.07 bits per heavy atom. The fraction of sp³-hybridized carbons (Fsp3) is 0.545. The Morgan fingerprint density at radius 1 is 1.43 bits per heavy atom. The van der Waals surface area contributed by atoms with Gasteiger partial charge in [-0.15, -0.1) is 0 Å². The van der Waals surface area contributed by atoms with Crippen molar-refractivity contribution in [3.8, 4) is 0 Å². The normalized spacial score (nSPS) is 11.8. The zero-order chi connectivity index (χ0) is 10.8. The molecule has 14 heavy (non-hydrogen) atoms. The Hall–Kier alpha value is -0.600. The van der Waals surface area contributed by atoms with Crippen molar-refractivity contribution in [2.45, 2.75) is 27.2 Å². The van der Waals surface area contributed by atoms with Gasteiger partial charge in [-0.3, -0.25) is 0 Å². The Labute approximate surface area is 90.5 Å². The van der Waals surface area contributed by atoms with Crippen molar-refractivity contribution in [1.82, 2.24) is 4.98 Å². The summed E-state index contributed by atoms with van der Waals surface area (Å²) in [7, 11) is 0. The summed E-state index contributed by atoms with van der Waals surface area (Å²) in [5, 5.41) is 0.563. The van der Waals surface area contributed by atoms with Crippen molar-refractivity contribution >= 4 is 11.6 Å². The second-order valence-electron chi connectivity index (χ2n) is 4.48. The third kappa shape index (κ3) is 3.28. The number of rotatable bonds is 3. The fourth-order valence-electron chi connectivity index (χ4n) is 1.42. The van der Waals surface area contributed by atoms with Gasteiger partial charge in [0.15, 0.2) is 0 Å². The molecule has 1 rings (SSSR count). The molecule has 0 aliphatic rings. The molecule has 1 heterocycles. The highest BCUT2D eigenvalue weighted by atomic mass is 35.5. The number of aryl methyl sites for hydroxylation is 1. The van der Waals surface area contributed by atoms with Crippen LogP contribution >= 0.6 is 11.6 Å². The molecule has 3 heteroatoms. The molecule has 1 aromatic rings. The summed E-state index contributed by atoms with van der Waals surface area (Å²) < 4.78 is 0. The van der Waals surface area contributed by atoms with E-state index in [1.807, 2.05) is 13.0 Å². The summed E-state index contributed by atoms with van der Waals surface area (Å²) in [6.07, 6.45) is 0.937. The van der Waals surface area contributed by atoms with Crippen LogP contribution in [0.25, 0.3) is 0 Å². The first kappa shape index (κ1) is 11.5. The minimum absolute atomic E-state index is 0.122. The molecule has 0 fully saturated rings. The average molecular weight is 213 g/mol. The summed E-state index contributed by atoms with van der Waals surface area (Å²) in [4.78, 5) is 4.12. The Balaban J connectivity index is 2.87. The summed E-state index contributed by atoms with van der Waals surface area (Å²) in [5.74, 6) is 0. The molecule has 0 bridgehead atoms. The van der Waals surface area contributed by atoms with Gasteiger partial charge in [-0.2, -0.15) is 0 Å². The summed E-state index contributed by atoms with van der Waals surface area (Å²) >= 11 is 5.88. The highest BCUT2D eigenvalue weighted by Crippen LogP contribution is 2.22. The summed E-state index contributed by atoms with van der Waals surface area (Å²) in [6, 6.07) is 3.97. The van der Waals surface area contributed by atoms with Gasteiger partial charge in [0, 0.05) is 5.69 Å². The molecule has 2 nitrogen and oxygen atoms in total. The summed E-state index contributed by atoms with van der Waals surface area (Å²) in [5.41, 5.74) is 7.97. The van der Waals surface area contributed by atoms with Crippen LogP contribution in [0.5, 0.6) is 0 Å². The standard InChI is InChI=1S/C11H17ClN2/c1-8-4-9(5-10(12)14-8)6-11(2,3)7-13/h4-5H,6-7,13H2,1-3H3. The zero-order valence-corrected chi connectivity index (χ0v) is 9.73. The lowest BCUT2D eigenvalue weighted by molar-refractivity contribution is 0.376. The van der Waals surface area contributed by atoms with Gasteiger partial charge in [0.1, 0.15) is 5.15 Å². The third-order valence-corrected chi connectivity index (χ3v) is 2.41. The van der Waals surface area contributed by atoms with Crippen LogP contribution in [0, 0.1) is 12.3 Å². The smallest absolute Gasteiger partial charge is 0.129 e. The second-order valence-corrected chi connectivity index (χ2v) is 4.87. The second kappa shape index (κ2) is 4.28. The van der Waals surface area contributed by atoms with Crippen LogP contribution < -0.4 is 5.73 Å². The number of nitrogens with two attached hydrogens (primary N) is 1. The maximum absolute atomic E-state index is 5.88. The summed E-state index contributed by atoms with van der Waals surface area (Å²) in [6.45, 7) is 6.92. The Morgan fingerprint density at radius 3 is 2.57 bits per heavy atom. The number of hydrogen-bond donors (Lipinski definition) is 1. The number of nitrogens with zero attached hydrogens (tertiary/aromatic N) is 1. The van der Waals surface area contributed by atoms with Gasteiger partial charge in [0.25, 0.3) is 0 Å². The first-order valence-corrected chi connectivity index (χ1v) is 5.14. The largest absolute Gasteiger partial charge is 0.330 e. The molecule has 78 valence electrons. The third-order valence-electron chi connectivity index (χ3n) is 2.22. The predicted molar refractivity (Wildman–Crippen MR) is 60.5 cm³/mol. The van der Waals surface area contributed by atoms with Crippen molar-refractivity contribution in [1.29, 1.82) is 0 Å². The van der Waals surface area contributed by atoms with Crippen molar-refractivity contribution in [3.63, 3.8) is 0 Å². The molecule has 0 spiro atoms. The number of halogens is 1. The maximum atomic E-state index is 5.88. The lowest BCUT2D eigenvalue weighted by Gasteiger charge is -2.22. The van der Waals surface area contributed by atoms with Gasteiger partial charge in [-0.1, -0.05) is 25.4 Å². The van der Waals surface area contributed by atoms with E-state index in [4.69, 9.17) is 17.3 Å². The van der Waals surface area contributed by atoms with E-state index in [0.29, 0.717) is 11.7 Å². The lowest BCUT2D eigenvalue weighted by atomic mass is 9.86. The van der Waals surface area contributed by atoms with E-state index in [0.717, 1.165) is 12.1 Å². The maximum Gasteiger partial charge on any atom is 0.129 e. The van der Waals surface area contributed by atoms with E-state index in [1.54, 1.807) is 0 Å². The van der Waals surface area contributed by atoms with Crippen LogP contribution in [0.15, 0.2) is 12.1 Å². The Kier molecular flexibility index (Phi) is 3.51. The van der Waals surface area contributed by atoms with Gasteiger partial charge < -0.3 is 5.73 Å². The van der Waals surface area contributed by atoms with Crippen molar-refractivity contribution < 1.29 is 0 Å². The van der Waals surface area contributed by atoms with Gasteiger partial charge in [-0.25, -0.2) is 4.98 Å². The van der Waals surface area contributed by atoms with Crippen LogP contribution in [0.2, 0.25) is 5.15 Å². The molecule has 0 saturated heterocycles. The number of aromatic nitrogens is 1. The van der Waals surface area contributed by atoms with Gasteiger partial charge in [0.05, 0.1) is 0 Å². The zero-order valence-electron chi connectivity index (χ0n) is 8.97. The molecule has 0 atom stereocenters. The molecule has 0 amide bonds. The quantitative estimate of drug-likeness (QED) is 0.783. The highest BCUT2D eigenvalue weighted by molar-refractivity contribution is 6.29. The van der Waals surface area contributed by atoms with E-state index in [2.05, 4.69) is 24.9 Å². The van der Waals surface area contributed by atoms with Crippen LogP contribution in [0.3, 0.4) is 0 Å². The molecular weight excluding hydrogens is 196 g/mol. The average Bonchev–Trinajstić information content (AvgIpc) is 2.01. The molecule has 2 N–H and O–H groups in total. The van der Waals surface area contributed by atoms with Gasteiger partial charge in [-0.05, 0) is 43.0 Å². The minimum Gasteiger partial charge on any atom is -0.330 e. The van der Waals surface area contributed by atoms with E-state index in [1.165, 1.54) is 5.56 Å². The fourth-order valence-corrected chi connectivity index (χ4v) is 1.70. The highest BCUT2D eigenvalue weighted by Gasteiger charge is 2.16. The van der Waals surface area contributed by atoms with E-state index < -0.39 is 0 Å². The predicted octanol–water partition coefficient (Wildman–Crippen LogP) is 2.57. The molecule has 0 saturated carbocycles. The molecule has 0 aromatic carbocycles. The topological polar surface area (TPSA) is 38.9 Å². The number of pyridine rings is 1. The van der Waals surface area contributed by atoms with Gasteiger partial charge in [0.2, 0.25) is 0 Å². The van der Waals surface area contributed by atoms with Crippen LogP contribution in [0.1, 0.15) is 25.1 Å². The SMILES string of the molecule is Cc1cc(CC(C)(C)CN)cc(Cl)n1. The van der Waals surface area contributed by atoms with Crippen molar-refractivity contribution in [3.05, 3.63) is 28.5 Å². The molecule has 1 aromatic heterocycles. The van der Waals surface area contributed by atoms with Crippen LogP contribution in [-0.2, 0) is 6.42 Å². The molecule has 0 aliphatic heterocycles. The minimum atomic E-state index is 0.122.